The summed E-state index contributed by atoms with van der Waals surface area (Å²) in [6, 6.07) is 15.6. The third kappa shape index (κ3) is 3.87. The smallest absolute Gasteiger partial charge is 0.271 e. The molecule has 3 heterocycles. The first kappa shape index (κ1) is 21.2. The molecule has 10 heteroatoms. The van der Waals surface area contributed by atoms with E-state index in [-0.39, 0.29) is 25.2 Å². The van der Waals surface area contributed by atoms with Gasteiger partial charge in [0.2, 0.25) is 13.6 Å². The van der Waals surface area contributed by atoms with Gasteiger partial charge in [-0.1, -0.05) is 6.07 Å². The minimum atomic E-state index is -0.260. The maximum absolute atomic E-state index is 13.6. The molecule has 0 aromatic heterocycles. The SMILES string of the molecule is COc1ccc(/C=C2\SC(=Nc3ccc4c(c3)OCO4)N(c3ccc4c(c3)OCO4)C2=O)cc1O. The fraction of sp³-hybridized carbons (Fsp3) is 0.120. The molecular weight excluding hydrogens is 472 g/mol. The average Bonchev–Trinajstić information content (AvgIpc) is 3.58. The lowest BCUT2D eigenvalue weighted by atomic mass is 10.2. The lowest BCUT2D eigenvalue weighted by molar-refractivity contribution is -0.113. The number of carbonyl (C=O) groups excluding carboxylic acids is 1. The molecule has 3 aromatic carbocycles. The summed E-state index contributed by atoms with van der Waals surface area (Å²) >= 11 is 1.22. The Labute approximate surface area is 204 Å². The summed E-state index contributed by atoms with van der Waals surface area (Å²) in [6.45, 7) is 0.291. The molecule has 3 aromatic rings. The number of methoxy groups -OCH3 is 1. The normalized spacial score (nSPS) is 18.1. The van der Waals surface area contributed by atoms with Crippen molar-refractivity contribution in [3.63, 3.8) is 0 Å². The molecule has 1 amide bonds. The van der Waals surface area contributed by atoms with Gasteiger partial charge < -0.3 is 28.8 Å². The maximum atomic E-state index is 13.6. The highest BCUT2D eigenvalue weighted by Crippen LogP contribution is 2.43. The fourth-order valence-corrected chi connectivity index (χ4v) is 4.82. The van der Waals surface area contributed by atoms with Gasteiger partial charge in [0, 0.05) is 12.1 Å². The molecule has 0 aliphatic carbocycles. The van der Waals surface area contributed by atoms with E-state index in [1.807, 2.05) is 0 Å². The van der Waals surface area contributed by atoms with Crippen molar-refractivity contribution in [3.05, 3.63) is 65.1 Å². The van der Waals surface area contributed by atoms with Gasteiger partial charge in [0.25, 0.3) is 5.91 Å². The van der Waals surface area contributed by atoms with Crippen molar-refractivity contribution >= 4 is 40.3 Å². The number of hydrogen-bond acceptors (Lipinski definition) is 9. The number of amidine groups is 1. The third-order valence-electron chi connectivity index (χ3n) is 5.50. The molecule has 0 spiro atoms. The van der Waals surface area contributed by atoms with Crippen molar-refractivity contribution in [2.45, 2.75) is 0 Å². The molecule has 1 fully saturated rings. The van der Waals surface area contributed by atoms with E-state index in [9.17, 15) is 9.90 Å². The molecule has 0 saturated carbocycles. The quantitative estimate of drug-likeness (QED) is 0.527. The predicted octanol–water partition coefficient (Wildman–Crippen LogP) is 4.67. The zero-order chi connectivity index (χ0) is 23.9. The van der Waals surface area contributed by atoms with Crippen molar-refractivity contribution in [3.8, 4) is 34.5 Å². The lowest BCUT2D eigenvalue weighted by Gasteiger charge is -2.16. The molecule has 3 aliphatic heterocycles. The summed E-state index contributed by atoms with van der Waals surface area (Å²) in [5.74, 6) is 2.50. The van der Waals surface area contributed by atoms with Gasteiger partial charge in [-0.3, -0.25) is 9.69 Å². The molecule has 176 valence electrons. The summed E-state index contributed by atoms with van der Waals surface area (Å²) in [4.78, 5) is 20.3. The highest BCUT2D eigenvalue weighted by atomic mass is 32.2. The fourth-order valence-electron chi connectivity index (χ4n) is 3.81. The van der Waals surface area contributed by atoms with E-state index in [1.54, 1.807) is 54.6 Å². The van der Waals surface area contributed by atoms with Crippen LogP contribution in [0.25, 0.3) is 6.08 Å². The summed E-state index contributed by atoms with van der Waals surface area (Å²) in [5, 5.41) is 10.6. The summed E-state index contributed by atoms with van der Waals surface area (Å²) in [5.41, 5.74) is 1.85. The van der Waals surface area contributed by atoms with Gasteiger partial charge in [-0.15, -0.1) is 0 Å². The number of aliphatic imine (C=N–C) groups is 1. The van der Waals surface area contributed by atoms with E-state index in [0.29, 0.717) is 55.8 Å². The monoisotopic (exact) mass is 490 g/mol. The number of amides is 1. The second-order valence-corrected chi connectivity index (χ2v) is 8.66. The van der Waals surface area contributed by atoms with Gasteiger partial charge in [-0.25, -0.2) is 4.99 Å². The standard InChI is InChI=1S/C25H18N2O7S/c1-30-18-5-2-14(8-17(18)28)9-23-24(29)27(16-4-7-20-22(11-16)34-13-32-20)25(35-23)26-15-3-6-19-21(10-15)33-12-31-19/h2-11,28H,12-13H2,1H3/b23-9-,26-25?. The number of thioether (sulfide) groups is 1. The average molecular weight is 490 g/mol. The van der Waals surface area contributed by atoms with Crippen LogP contribution in [0.4, 0.5) is 11.4 Å². The molecule has 6 rings (SSSR count). The summed E-state index contributed by atoms with van der Waals surface area (Å²) in [7, 11) is 1.48. The summed E-state index contributed by atoms with van der Waals surface area (Å²) < 4.78 is 26.9. The van der Waals surface area contributed by atoms with E-state index in [4.69, 9.17) is 28.7 Å². The minimum Gasteiger partial charge on any atom is -0.504 e. The van der Waals surface area contributed by atoms with Gasteiger partial charge in [0.05, 0.1) is 23.4 Å². The number of fused-ring (bicyclic) bond motifs is 2. The number of phenolic OH excluding ortho intramolecular Hbond substituents is 1. The van der Waals surface area contributed by atoms with E-state index in [2.05, 4.69) is 0 Å². The highest BCUT2D eigenvalue weighted by molar-refractivity contribution is 8.19. The second kappa shape index (κ2) is 8.48. The Morgan fingerprint density at radius 2 is 1.66 bits per heavy atom. The number of aromatic hydroxyl groups is 1. The van der Waals surface area contributed by atoms with Crippen molar-refractivity contribution in [1.29, 1.82) is 0 Å². The van der Waals surface area contributed by atoms with Crippen LogP contribution in [0.5, 0.6) is 34.5 Å². The number of rotatable bonds is 4. The van der Waals surface area contributed by atoms with E-state index >= 15 is 0 Å². The Kier molecular flexibility index (Phi) is 5.14. The lowest BCUT2D eigenvalue weighted by Crippen LogP contribution is -2.28. The zero-order valence-electron chi connectivity index (χ0n) is 18.4. The Balaban J connectivity index is 1.41. The molecule has 9 nitrogen and oxygen atoms in total. The van der Waals surface area contributed by atoms with Crippen LogP contribution >= 0.6 is 11.8 Å². The van der Waals surface area contributed by atoms with Gasteiger partial charge in [-0.2, -0.15) is 0 Å². The number of carbonyl (C=O) groups is 1. The molecule has 1 saturated heterocycles. The van der Waals surface area contributed by atoms with E-state index < -0.39 is 0 Å². The molecular formula is C25H18N2O7S. The zero-order valence-corrected chi connectivity index (χ0v) is 19.2. The number of phenols is 1. The number of hydrogen-bond donors (Lipinski definition) is 1. The number of nitrogens with zero attached hydrogens (tertiary/aromatic N) is 2. The van der Waals surface area contributed by atoms with Crippen LogP contribution in [0.3, 0.4) is 0 Å². The molecule has 0 atom stereocenters. The van der Waals surface area contributed by atoms with Crippen LogP contribution in [0.1, 0.15) is 5.56 Å². The predicted molar refractivity (Wildman–Crippen MR) is 130 cm³/mol. The van der Waals surface area contributed by atoms with Crippen LogP contribution in [-0.4, -0.2) is 36.9 Å². The minimum absolute atomic E-state index is 0.0147. The topological polar surface area (TPSA) is 99.0 Å². The van der Waals surface area contributed by atoms with E-state index in [1.165, 1.54) is 29.8 Å². The third-order valence-corrected chi connectivity index (χ3v) is 6.47. The van der Waals surface area contributed by atoms with Gasteiger partial charge in [-0.05, 0) is 59.8 Å². The first-order valence-electron chi connectivity index (χ1n) is 10.6. The summed E-state index contributed by atoms with van der Waals surface area (Å²) in [6.07, 6.45) is 1.70. The Hall–Kier alpha value is -4.31. The Bertz CT molecular complexity index is 1420. The Morgan fingerprint density at radius 3 is 2.40 bits per heavy atom. The molecule has 35 heavy (non-hydrogen) atoms. The van der Waals surface area contributed by atoms with Crippen molar-refractivity contribution < 1.29 is 33.6 Å². The Morgan fingerprint density at radius 1 is 0.943 bits per heavy atom. The van der Waals surface area contributed by atoms with Crippen molar-refractivity contribution in [2.24, 2.45) is 4.99 Å². The maximum Gasteiger partial charge on any atom is 0.271 e. The van der Waals surface area contributed by atoms with Crippen LogP contribution < -0.4 is 28.6 Å². The number of benzene rings is 3. The highest BCUT2D eigenvalue weighted by Gasteiger charge is 2.36. The largest absolute Gasteiger partial charge is 0.504 e. The van der Waals surface area contributed by atoms with Gasteiger partial charge in [0.1, 0.15) is 0 Å². The van der Waals surface area contributed by atoms with Crippen LogP contribution in [-0.2, 0) is 4.79 Å². The second-order valence-electron chi connectivity index (χ2n) is 7.65. The molecule has 3 aliphatic rings. The van der Waals surface area contributed by atoms with Crippen molar-refractivity contribution in [2.75, 3.05) is 25.6 Å². The molecule has 0 radical (unpaired) electrons. The van der Waals surface area contributed by atoms with Gasteiger partial charge in [0.15, 0.2) is 39.7 Å². The van der Waals surface area contributed by atoms with Gasteiger partial charge >= 0.3 is 0 Å². The van der Waals surface area contributed by atoms with Crippen LogP contribution in [0.2, 0.25) is 0 Å². The van der Waals surface area contributed by atoms with E-state index in [0.717, 1.165) is 0 Å². The molecule has 0 unspecified atom stereocenters. The first-order valence-corrected chi connectivity index (χ1v) is 11.4. The van der Waals surface area contributed by atoms with Crippen molar-refractivity contribution in [1.82, 2.24) is 0 Å². The molecule has 0 bridgehead atoms. The van der Waals surface area contributed by atoms with Crippen LogP contribution in [0, 0.1) is 0 Å². The van der Waals surface area contributed by atoms with Crippen LogP contribution in [0.15, 0.2) is 64.5 Å². The number of anilines is 1. The molecule has 1 N–H and O–H groups in total. The number of ether oxygens (including phenoxy) is 5. The first-order chi connectivity index (χ1) is 17.1.